The first-order valence-electron chi connectivity index (χ1n) is 10.2. The molecule has 0 saturated carbocycles. The van der Waals surface area contributed by atoms with E-state index in [4.69, 9.17) is 9.47 Å². The average Bonchev–Trinajstić information content (AvgIpc) is 3.22. The number of rotatable bonds is 7. The molecule has 0 aliphatic carbocycles. The number of aliphatic hydroxyl groups excluding tert-OH is 1. The standard InChI is InChI=1S/C22H25N5O4S/c1-14(29)23-18-5-3-4-17(10-18)21-30-19(13-32-22-24-25-26-27(22)2)11-20(31-21)16-8-6-15(12-28)7-9-16/h3-10,19-21,28H,11-13H2,1-2H3,(H,23,29)/t19-,20+,21+/m1/s1. The number of aryl methyl sites for hydroxylation is 1. The maximum atomic E-state index is 11.5. The summed E-state index contributed by atoms with van der Waals surface area (Å²) in [7, 11) is 1.80. The van der Waals surface area contributed by atoms with Gasteiger partial charge < -0.3 is 19.9 Å². The first-order chi connectivity index (χ1) is 15.5. The highest BCUT2D eigenvalue weighted by atomic mass is 32.2. The second-order valence-corrected chi connectivity index (χ2v) is 8.54. The maximum absolute atomic E-state index is 11.5. The third-order valence-electron chi connectivity index (χ3n) is 5.07. The van der Waals surface area contributed by atoms with Crippen molar-refractivity contribution in [1.82, 2.24) is 20.2 Å². The summed E-state index contributed by atoms with van der Waals surface area (Å²) in [5.74, 6) is 0.520. The number of anilines is 1. The molecule has 0 radical (unpaired) electrons. The smallest absolute Gasteiger partial charge is 0.221 e. The molecule has 1 aliphatic heterocycles. The Kier molecular flexibility index (Phi) is 7.15. The molecule has 4 rings (SSSR count). The van der Waals surface area contributed by atoms with E-state index in [1.54, 1.807) is 11.7 Å². The van der Waals surface area contributed by atoms with Crippen molar-refractivity contribution in [1.29, 1.82) is 0 Å². The minimum absolute atomic E-state index is 0.00151. The van der Waals surface area contributed by atoms with Crippen LogP contribution in [0.2, 0.25) is 0 Å². The molecule has 2 N–H and O–H groups in total. The van der Waals surface area contributed by atoms with Crippen molar-refractivity contribution in [2.24, 2.45) is 7.05 Å². The van der Waals surface area contributed by atoms with E-state index < -0.39 is 6.29 Å². The lowest BCUT2D eigenvalue weighted by atomic mass is 10.0. The van der Waals surface area contributed by atoms with Gasteiger partial charge in [0.15, 0.2) is 6.29 Å². The van der Waals surface area contributed by atoms with Gasteiger partial charge in [0, 0.05) is 37.4 Å². The summed E-state index contributed by atoms with van der Waals surface area (Å²) in [5, 5.41) is 24.4. The molecule has 0 spiro atoms. The van der Waals surface area contributed by atoms with E-state index in [0.29, 0.717) is 23.0 Å². The van der Waals surface area contributed by atoms with E-state index in [9.17, 15) is 9.90 Å². The van der Waals surface area contributed by atoms with Gasteiger partial charge in [0.2, 0.25) is 11.1 Å². The molecule has 9 nitrogen and oxygen atoms in total. The summed E-state index contributed by atoms with van der Waals surface area (Å²) in [5.41, 5.74) is 3.38. The fraction of sp³-hybridized carbons (Fsp3) is 0.364. The summed E-state index contributed by atoms with van der Waals surface area (Å²) < 4.78 is 14.3. The number of ether oxygens (including phenoxy) is 2. The van der Waals surface area contributed by atoms with Crippen molar-refractivity contribution in [2.45, 2.75) is 43.6 Å². The highest BCUT2D eigenvalue weighted by Crippen LogP contribution is 2.39. The van der Waals surface area contributed by atoms with E-state index in [1.165, 1.54) is 18.7 Å². The van der Waals surface area contributed by atoms with Crippen LogP contribution in [0.25, 0.3) is 0 Å². The molecule has 1 fully saturated rings. The number of tetrazole rings is 1. The van der Waals surface area contributed by atoms with Gasteiger partial charge in [-0.2, -0.15) is 0 Å². The van der Waals surface area contributed by atoms with Crippen LogP contribution >= 0.6 is 11.8 Å². The van der Waals surface area contributed by atoms with Crippen molar-refractivity contribution in [3.8, 4) is 0 Å². The number of carbonyl (C=O) groups is 1. The van der Waals surface area contributed by atoms with Crippen LogP contribution in [-0.2, 0) is 27.9 Å². The van der Waals surface area contributed by atoms with Crippen molar-refractivity contribution in [3.05, 3.63) is 65.2 Å². The molecule has 0 bridgehead atoms. The monoisotopic (exact) mass is 455 g/mol. The van der Waals surface area contributed by atoms with Crippen LogP contribution in [-0.4, -0.2) is 43.1 Å². The minimum atomic E-state index is -0.594. The molecule has 1 saturated heterocycles. The molecule has 3 atom stereocenters. The fourth-order valence-corrected chi connectivity index (χ4v) is 4.37. The van der Waals surface area contributed by atoms with Gasteiger partial charge in [-0.15, -0.1) is 5.10 Å². The Balaban J connectivity index is 1.55. The Bertz CT molecular complexity index is 1060. The van der Waals surface area contributed by atoms with Gasteiger partial charge in [0.1, 0.15) is 0 Å². The summed E-state index contributed by atoms with van der Waals surface area (Å²) >= 11 is 1.53. The zero-order chi connectivity index (χ0) is 22.5. The first kappa shape index (κ1) is 22.4. The van der Waals surface area contributed by atoms with Crippen molar-refractivity contribution < 1.29 is 19.4 Å². The number of nitrogens with one attached hydrogen (secondary N) is 1. The van der Waals surface area contributed by atoms with Crippen LogP contribution in [0.15, 0.2) is 53.7 Å². The zero-order valence-corrected chi connectivity index (χ0v) is 18.7. The summed E-state index contributed by atoms with van der Waals surface area (Å²) in [6, 6.07) is 15.2. The number of carbonyl (C=O) groups excluding carboxylic acids is 1. The lowest BCUT2D eigenvalue weighted by molar-refractivity contribution is -0.245. The molecular formula is C22H25N5O4S. The Morgan fingerprint density at radius 3 is 2.72 bits per heavy atom. The molecule has 1 amide bonds. The molecule has 2 aromatic carbocycles. The Labute approximate surface area is 190 Å². The quantitative estimate of drug-likeness (QED) is 0.523. The largest absolute Gasteiger partial charge is 0.392 e. The normalized spacial score (nSPS) is 20.8. The highest BCUT2D eigenvalue weighted by Gasteiger charge is 2.32. The molecule has 32 heavy (non-hydrogen) atoms. The van der Waals surface area contributed by atoms with E-state index in [0.717, 1.165) is 16.7 Å². The van der Waals surface area contributed by atoms with Crippen LogP contribution in [0.5, 0.6) is 0 Å². The number of amides is 1. The van der Waals surface area contributed by atoms with Crippen LogP contribution in [0.4, 0.5) is 5.69 Å². The summed E-state index contributed by atoms with van der Waals surface area (Å²) in [6.45, 7) is 1.47. The van der Waals surface area contributed by atoms with Crippen LogP contribution in [0.1, 0.15) is 42.4 Å². The Morgan fingerprint density at radius 2 is 2.03 bits per heavy atom. The van der Waals surface area contributed by atoms with Gasteiger partial charge in [0.05, 0.1) is 18.8 Å². The second kappa shape index (κ2) is 10.2. The predicted octanol–water partition coefficient (Wildman–Crippen LogP) is 3.00. The second-order valence-electron chi connectivity index (χ2n) is 7.55. The molecule has 3 aromatic rings. The number of aliphatic hydroxyl groups is 1. The minimum Gasteiger partial charge on any atom is -0.392 e. The molecule has 1 aromatic heterocycles. The molecule has 2 heterocycles. The first-order valence-corrected chi connectivity index (χ1v) is 11.2. The van der Waals surface area contributed by atoms with Gasteiger partial charge >= 0.3 is 0 Å². The average molecular weight is 456 g/mol. The molecular weight excluding hydrogens is 430 g/mol. The zero-order valence-electron chi connectivity index (χ0n) is 17.8. The number of nitrogens with zero attached hydrogens (tertiary/aromatic N) is 4. The van der Waals surface area contributed by atoms with E-state index in [-0.39, 0.29) is 24.7 Å². The lowest BCUT2D eigenvalue weighted by Crippen LogP contribution is -2.31. The molecule has 0 unspecified atom stereocenters. The SMILES string of the molecule is CC(=O)Nc1cccc([C@H]2O[C@@H](CSc3nnnn3C)C[C@@H](c3ccc(CO)cc3)O2)c1. The Hall–Kier alpha value is -2.79. The van der Waals surface area contributed by atoms with Crippen LogP contribution in [0.3, 0.4) is 0 Å². The number of hydrogen-bond acceptors (Lipinski definition) is 8. The highest BCUT2D eigenvalue weighted by molar-refractivity contribution is 7.99. The number of thioether (sulfide) groups is 1. The van der Waals surface area contributed by atoms with Gasteiger partial charge in [-0.05, 0) is 33.7 Å². The number of aromatic nitrogens is 4. The van der Waals surface area contributed by atoms with Crippen molar-refractivity contribution >= 4 is 23.4 Å². The fourth-order valence-electron chi connectivity index (χ4n) is 3.50. The third-order valence-corrected chi connectivity index (χ3v) is 6.22. The van der Waals surface area contributed by atoms with Gasteiger partial charge in [0.25, 0.3) is 0 Å². The topological polar surface area (TPSA) is 111 Å². The van der Waals surface area contributed by atoms with E-state index >= 15 is 0 Å². The third kappa shape index (κ3) is 5.52. The number of hydrogen-bond donors (Lipinski definition) is 2. The maximum Gasteiger partial charge on any atom is 0.221 e. The molecule has 168 valence electrons. The molecule has 10 heteroatoms. The predicted molar refractivity (Wildman–Crippen MR) is 119 cm³/mol. The lowest BCUT2D eigenvalue weighted by Gasteiger charge is -2.36. The Morgan fingerprint density at radius 1 is 1.22 bits per heavy atom. The summed E-state index contributed by atoms with van der Waals surface area (Å²) in [6.07, 6.45) is -0.224. The number of benzene rings is 2. The van der Waals surface area contributed by atoms with Gasteiger partial charge in [-0.1, -0.05) is 48.2 Å². The van der Waals surface area contributed by atoms with Crippen LogP contribution in [0, 0.1) is 0 Å². The summed E-state index contributed by atoms with van der Waals surface area (Å²) in [4.78, 5) is 11.5. The van der Waals surface area contributed by atoms with Gasteiger partial charge in [-0.3, -0.25) is 4.79 Å². The molecule has 1 aliphatic rings. The van der Waals surface area contributed by atoms with Crippen molar-refractivity contribution in [2.75, 3.05) is 11.1 Å². The van der Waals surface area contributed by atoms with E-state index in [2.05, 4.69) is 20.8 Å². The van der Waals surface area contributed by atoms with Gasteiger partial charge in [-0.25, -0.2) is 4.68 Å². The van der Waals surface area contributed by atoms with E-state index in [1.807, 2.05) is 48.5 Å². The van der Waals surface area contributed by atoms with Crippen molar-refractivity contribution in [3.63, 3.8) is 0 Å². The van der Waals surface area contributed by atoms with Crippen LogP contribution < -0.4 is 5.32 Å².